The van der Waals surface area contributed by atoms with Gasteiger partial charge in [0, 0.05) is 17.8 Å². The molecular formula is C51H68N4O2. The van der Waals surface area contributed by atoms with Crippen molar-refractivity contribution < 1.29 is 10.2 Å². The molecule has 57 heavy (non-hydrogen) atoms. The van der Waals surface area contributed by atoms with Gasteiger partial charge in [-0.1, -0.05) is 185 Å². The van der Waals surface area contributed by atoms with Gasteiger partial charge in [-0.2, -0.15) is 15.3 Å². The molecule has 6 nitrogen and oxygen atoms in total. The molecule has 7 aromatic carbocycles. The third kappa shape index (κ3) is 16.0. The number of benzene rings is 7. The molecule has 7 aromatic rings. The lowest BCUT2D eigenvalue weighted by atomic mass is 10.0. The Morgan fingerprint density at radius 3 is 1.32 bits per heavy atom. The van der Waals surface area contributed by atoms with Crippen LogP contribution in [0.5, 0.6) is 11.5 Å². The zero-order chi connectivity index (χ0) is 43.2. The van der Waals surface area contributed by atoms with Crippen molar-refractivity contribution in [3.05, 3.63) is 150 Å². The van der Waals surface area contributed by atoms with Gasteiger partial charge in [0.2, 0.25) is 0 Å². The van der Waals surface area contributed by atoms with Crippen LogP contribution in [0, 0.1) is 20.8 Å². The first-order valence-corrected chi connectivity index (χ1v) is 20.4. The second-order valence-corrected chi connectivity index (χ2v) is 11.6. The number of phenols is 2. The molecular weight excluding hydrogens is 701 g/mol. The fraction of sp³-hybridized carbons (Fsp3) is 0.294. The van der Waals surface area contributed by atoms with Crippen LogP contribution in [0.4, 0.5) is 17.1 Å². The third-order valence-electron chi connectivity index (χ3n) is 7.58. The second kappa shape index (κ2) is 30.4. The van der Waals surface area contributed by atoms with Crippen LogP contribution in [-0.2, 0) is 0 Å². The summed E-state index contributed by atoms with van der Waals surface area (Å²) < 4.78 is 0. The molecule has 0 amide bonds. The largest absolute Gasteiger partial charge is 0.505 e. The number of aromatic hydroxyl groups is 2. The van der Waals surface area contributed by atoms with E-state index in [4.69, 9.17) is 0 Å². The number of azo groups is 2. The third-order valence-corrected chi connectivity index (χ3v) is 7.58. The minimum atomic E-state index is 0.181. The summed E-state index contributed by atoms with van der Waals surface area (Å²) in [6, 6.07) is 43.9. The summed E-state index contributed by atoms with van der Waals surface area (Å²) in [5.74, 6) is 0.402. The van der Waals surface area contributed by atoms with Crippen LogP contribution in [0.2, 0.25) is 0 Å². The molecule has 0 aromatic heterocycles. The molecule has 0 aliphatic carbocycles. The van der Waals surface area contributed by atoms with E-state index in [2.05, 4.69) is 82.8 Å². The highest BCUT2D eigenvalue weighted by Crippen LogP contribution is 2.40. The van der Waals surface area contributed by atoms with E-state index in [0.29, 0.717) is 11.4 Å². The van der Waals surface area contributed by atoms with E-state index in [-0.39, 0.29) is 11.5 Å². The van der Waals surface area contributed by atoms with Crippen molar-refractivity contribution in [2.45, 2.75) is 96.4 Å². The number of rotatable bonds is 3. The number of nitrogens with zero attached hydrogens (tertiary/aromatic N) is 4. The standard InChI is InChI=1S/C17H14N2O.C13H14N2O.C10H8.C3H8.4C2H6/c1-12-11-13-7-5-6-10-15(13)17(20)16(12)19-18-14-8-3-2-4-9-14;1-8-5-4-6-10-7-9(2)12(15-14-3)13(16)11(8)10;1-2-6-10-8-4-3-7-9(10)5-1;1-3-2;4*1-2/h2-11,20H,1H3;4-7,16H,1-3H3;1-8H;3H2,1-2H3;4*1-2H3. The van der Waals surface area contributed by atoms with Gasteiger partial charge in [0.25, 0.3) is 0 Å². The van der Waals surface area contributed by atoms with Crippen LogP contribution in [0.3, 0.4) is 0 Å². The molecule has 0 radical (unpaired) electrons. The summed E-state index contributed by atoms with van der Waals surface area (Å²) in [6.07, 6.45) is 1.25. The molecule has 7 rings (SSSR count). The average molecular weight is 769 g/mol. The molecule has 304 valence electrons. The lowest BCUT2D eigenvalue weighted by Gasteiger charge is -2.09. The van der Waals surface area contributed by atoms with Crippen LogP contribution in [-0.4, -0.2) is 17.3 Å². The van der Waals surface area contributed by atoms with Gasteiger partial charge in [0.05, 0.1) is 5.69 Å². The smallest absolute Gasteiger partial charge is 0.151 e. The normalized spacial score (nSPS) is 9.65. The van der Waals surface area contributed by atoms with E-state index in [1.807, 2.05) is 161 Å². The summed E-state index contributed by atoms with van der Waals surface area (Å²) >= 11 is 0. The summed E-state index contributed by atoms with van der Waals surface area (Å²) in [5.41, 5.74) is 4.72. The molecule has 0 heterocycles. The number of phenolic OH excluding ortho intramolecular Hbond substituents is 2. The monoisotopic (exact) mass is 769 g/mol. The fourth-order valence-corrected chi connectivity index (χ4v) is 5.28. The highest BCUT2D eigenvalue weighted by molar-refractivity contribution is 5.96. The number of fused-ring (bicyclic) bond motifs is 3. The topological polar surface area (TPSA) is 89.9 Å². The van der Waals surface area contributed by atoms with Crippen molar-refractivity contribution in [2.75, 3.05) is 7.05 Å². The Balaban J connectivity index is 0.000000758. The summed E-state index contributed by atoms with van der Waals surface area (Å²) in [5, 5.41) is 42.9. The van der Waals surface area contributed by atoms with Gasteiger partial charge in [-0.05, 0) is 83.3 Å². The molecule has 0 atom stereocenters. The Bertz CT molecular complexity index is 2130. The Hall–Kier alpha value is -5.88. The minimum Gasteiger partial charge on any atom is -0.505 e. The first-order chi connectivity index (χ1) is 27.8. The first-order valence-electron chi connectivity index (χ1n) is 20.4. The van der Waals surface area contributed by atoms with Gasteiger partial charge < -0.3 is 10.2 Å². The SMILES string of the molecule is CC.CC.CC.CC.CCC.CN=Nc1c(C)cc2cccc(C)c2c1O.Cc1cc2ccccc2c(O)c1N=Nc1ccccc1.c1ccc2ccccc2c1. The quantitative estimate of drug-likeness (QED) is 0.175. The number of aryl methyl sites for hydroxylation is 3. The van der Waals surface area contributed by atoms with E-state index in [9.17, 15) is 10.2 Å². The van der Waals surface area contributed by atoms with Crippen molar-refractivity contribution in [1.82, 2.24) is 0 Å². The Kier molecular flexibility index (Phi) is 27.2. The molecule has 0 aliphatic heterocycles. The van der Waals surface area contributed by atoms with Crippen LogP contribution >= 0.6 is 0 Å². The predicted molar refractivity (Wildman–Crippen MR) is 252 cm³/mol. The maximum absolute atomic E-state index is 10.4. The summed E-state index contributed by atoms with van der Waals surface area (Å²) in [4.78, 5) is 0. The van der Waals surface area contributed by atoms with Gasteiger partial charge in [-0.25, -0.2) is 0 Å². The Morgan fingerprint density at radius 2 is 0.825 bits per heavy atom. The Labute approximate surface area is 344 Å². The summed E-state index contributed by atoms with van der Waals surface area (Å²) in [7, 11) is 1.60. The zero-order valence-electron chi connectivity index (χ0n) is 37.1. The summed E-state index contributed by atoms with van der Waals surface area (Å²) in [6.45, 7) is 26.1. The fourth-order valence-electron chi connectivity index (χ4n) is 5.28. The number of hydrogen-bond donors (Lipinski definition) is 2. The zero-order valence-corrected chi connectivity index (χ0v) is 37.1. The van der Waals surface area contributed by atoms with Gasteiger partial charge in [-0.15, -0.1) is 5.11 Å². The van der Waals surface area contributed by atoms with Gasteiger partial charge in [-0.3, -0.25) is 0 Å². The minimum absolute atomic E-state index is 0.181. The van der Waals surface area contributed by atoms with Crippen molar-refractivity contribution in [1.29, 1.82) is 0 Å². The van der Waals surface area contributed by atoms with Crippen LogP contribution in [0.25, 0.3) is 32.3 Å². The van der Waals surface area contributed by atoms with Gasteiger partial charge >= 0.3 is 0 Å². The lowest BCUT2D eigenvalue weighted by molar-refractivity contribution is 0.481. The first kappa shape index (κ1) is 51.1. The average Bonchev–Trinajstić information content (AvgIpc) is 3.26. The van der Waals surface area contributed by atoms with Crippen molar-refractivity contribution >= 4 is 49.4 Å². The van der Waals surface area contributed by atoms with Crippen LogP contribution in [0.1, 0.15) is 92.3 Å². The highest BCUT2D eigenvalue weighted by Gasteiger charge is 2.11. The predicted octanol–water partition coefficient (Wildman–Crippen LogP) is 17.5. The molecule has 0 bridgehead atoms. The highest BCUT2D eigenvalue weighted by atomic mass is 16.3. The lowest BCUT2D eigenvalue weighted by Crippen LogP contribution is -1.83. The van der Waals surface area contributed by atoms with Crippen molar-refractivity contribution in [2.24, 2.45) is 20.5 Å². The molecule has 0 unspecified atom stereocenters. The molecule has 2 N–H and O–H groups in total. The molecule has 0 fully saturated rings. The van der Waals surface area contributed by atoms with Crippen LogP contribution in [0.15, 0.2) is 154 Å². The van der Waals surface area contributed by atoms with E-state index in [1.165, 1.54) is 17.2 Å². The van der Waals surface area contributed by atoms with E-state index in [1.54, 1.807) is 7.05 Å². The molecule has 6 heteroatoms. The van der Waals surface area contributed by atoms with Crippen LogP contribution < -0.4 is 0 Å². The number of hydrogen-bond acceptors (Lipinski definition) is 6. The van der Waals surface area contributed by atoms with Gasteiger partial charge in [0.15, 0.2) is 11.5 Å². The van der Waals surface area contributed by atoms with E-state index in [0.717, 1.165) is 43.9 Å². The molecule has 0 saturated carbocycles. The van der Waals surface area contributed by atoms with Crippen molar-refractivity contribution in [3.8, 4) is 11.5 Å². The molecule has 0 spiro atoms. The second-order valence-electron chi connectivity index (χ2n) is 11.6. The molecule has 0 saturated heterocycles. The van der Waals surface area contributed by atoms with Gasteiger partial charge in [0.1, 0.15) is 11.4 Å². The maximum atomic E-state index is 10.4. The van der Waals surface area contributed by atoms with E-state index < -0.39 is 0 Å². The Morgan fingerprint density at radius 1 is 0.421 bits per heavy atom. The molecule has 0 aliphatic rings. The maximum Gasteiger partial charge on any atom is 0.151 e. The van der Waals surface area contributed by atoms with E-state index >= 15 is 0 Å². The van der Waals surface area contributed by atoms with Crippen molar-refractivity contribution in [3.63, 3.8) is 0 Å².